The summed E-state index contributed by atoms with van der Waals surface area (Å²) in [4.78, 5) is 15.2. The van der Waals surface area contributed by atoms with E-state index in [2.05, 4.69) is 40.9 Å². The van der Waals surface area contributed by atoms with Crippen molar-refractivity contribution < 1.29 is 4.79 Å². The maximum absolute atomic E-state index is 12.8. The molecule has 3 aromatic rings. The highest BCUT2D eigenvalue weighted by Gasteiger charge is 2.20. The number of carbonyl (C=O) groups excluding carboxylic acids is 1. The maximum atomic E-state index is 12.8. The monoisotopic (exact) mass is 355 g/mol. The van der Waals surface area contributed by atoms with Gasteiger partial charge in [0.1, 0.15) is 0 Å². The lowest BCUT2D eigenvalue weighted by Crippen LogP contribution is -2.37. The van der Waals surface area contributed by atoms with Gasteiger partial charge >= 0.3 is 0 Å². The summed E-state index contributed by atoms with van der Waals surface area (Å²) in [5, 5.41) is 8.42. The minimum atomic E-state index is -0.0100. The number of fused-ring (bicyclic) bond motifs is 1. The first-order valence-electron chi connectivity index (χ1n) is 8.74. The van der Waals surface area contributed by atoms with Gasteiger partial charge in [0, 0.05) is 30.7 Å². The Kier molecular flexibility index (Phi) is 5.56. The van der Waals surface area contributed by atoms with Crippen LogP contribution in [-0.4, -0.2) is 35.0 Å². The Morgan fingerprint density at radius 1 is 1.24 bits per heavy atom. The molecule has 0 aliphatic heterocycles. The largest absolute Gasteiger partial charge is 0.350 e. The number of carbonyl (C=O) groups is 1. The Balaban J connectivity index is 1.79. The number of nitrogens with one attached hydrogen (secondary N) is 1. The molecule has 5 heteroatoms. The number of aryl methyl sites for hydroxylation is 1. The lowest BCUT2D eigenvalue weighted by molar-refractivity contribution is 0.0936. The molecule has 25 heavy (non-hydrogen) atoms. The van der Waals surface area contributed by atoms with Crippen LogP contribution in [0.2, 0.25) is 0 Å². The quantitative estimate of drug-likeness (QED) is 0.694. The number of nitrogens with zero attached hydrogens (tertiary/aromatic N) is 2. The fourth-order valence-corrected chi connectivity index (χ4v) is 4.10. The lowest BCUT2D eigenvalue weighted by atomic mass is 10.1. The third-order valence-corrected chi connectivity index (χ3v) is 5.48. The average molecular weight is 356 g/mol. The van der Waals surface area contributed by atoms with Crippen LogP contribution >= 0.6 is 11.3 Å². The number of amides is 1. The second-order valence-electron chi connectivity index (χ2n) is 6.17. The Morgan fingerprint density at radius 2 is 2.00 bits per heavy atom. The molecule has 4 nitrogen and oxygen atoms in total. The molecule has 0 fully saturated rings. The molecule has 0 unspecified atom stereocenters. The van der Waals surface area contributed by atoms with E-state index >= 15 is 0 Å². The standard InChI is InChI=1S/C20H25N3OS/c1-4-23(5-2)19(15-10-11-25-14-15)12-21-20(24)17-13-22(3)18-9-7-6-8-16(17)18/h6-11,13-14,19H,4-5,12H2,1-3H3,(H,21,24)/t19-/m0/s1. The molecule has 0 saturated heterocycles. The van der Waals surface area contributed by atoms with Gasteiger partial charge in [-0.25, -0.2) is 0 Å². The number of aromatic nitrogens is 1. The number of benzene rings is 1. The molecular weight excluding hydrogens is 330 g/mol. The third-order valence-electron chi connectivity index (χ3n) is 4.78. The van der Waals surface area contributed by atoms with E-state index in [1.807, 2.05) is 42.1 Å². The third kappa shape index (κ3) is 3.62. The van der Waals surface area contributed by atoms with Crippen LogP contribution in [0.15, 0.2) is 47.3 Å². The van der Waals surface area contributed by atoms with Crippen molar-refractivity contribution in [3.05, 3.63) is 58.4 Å². The molecule has 0 bridgehead atoms. The number of hydrogen-bond donors (Lipinski definition) is 1. The van der Waals surface area contributed by atoms with Gasteiger partial charge in [0.25, 0.3) is 5.91 Å². The molecular formula is C20H25N3OS. The van der Waals surface area contributed by atoms with Crippen molar-refractivity contribution in [3.8, 4) is 0 Å². The molecule has 1 amide bonds. The molecule has 0 radical (unpaired) electrons. The Labute approximate surface area is 153 Å². The summed E-state index contributed by atoms with van der Waals surface area (Å²) in [5.74, 6) is -0.0100. The van der Waals surface area contributed by atoms with Gasteiger partial charge in [0.2, 0.25) is 0 Å². The van der Waals surface area contributed by atoms with E-state index in [4.69, 9.17) is 0 Å². The Bertz CT molecular complexity index is 834. The van der Waals surface area contributed by atoms with E-state index in [9.17, 15) is 4.79 Å². The normalized spacial score (nSPS) is 12.6. The van der Waals surface area contributed by atoms with Gasteiger partial charge in [-0.1, -0.05) is 32.0 Å². The number of likely N-dealkylation sites (N-methyl/N-ethyl adjacent to an activating group) is 1. The SMILES string of the molecule is CCN(CC)[C@@H](CNC(=O)c1cn(C)c2ccccc12)c1ccsc1. The highest BCUT2D eigenvalue weighted by atomic mass is 32.1. The fraction of sp³-hybridized carbons (Fsp3) is 0.350. The number of rotatable bonds is 7. The number of hydrogen-bond acceptors (Lipinski definition) is 3. The van der Waals surface area contributed by atoms with Crippen molar-refractivity contribution in [2.24, 2.45) is 7.05 Å². The molecule has 0 spiro atoms. The molecule has 2 heterocycles. The molecule has 2 aromatic heterocycles. The molecule has 0 aliphatic rings. The van der Waals surface area contributed by atoms with Gasteiger partial charge in [0.15, 0.2) is 0 Å². The van der Waals surface area contributed by atoms with Crippen molar-refractivity contribution in [2.75, 3.05) is 19.6 Å². The van der Waals surface area contributed by atoms with Crippen molar-refractivity contribution in [1.29, 1.82) is 0 Å². The van der Waals surface area contributed by atoms with E-state index in [1.165, 1.54) is 5.56 Å². The Morgan fingerprint density at radius 3 is 2.68 bits per heavy atom. The summed E-state index contributed by atoms with van der Waals surface area (Å²) < 4.78 is 2.00. The molecule has 132 valence electrons. The van der Waals surface area contributed by atoms with E-state index in [0.717, 1.165) is 29.6 Å². The van der Waals surface area contributed by atoms with Crippen LogP contribution in [-0.2, 0) is 7.05 Å². The van der Waals surface area contributed by atoms with Crippen molar-refractivity contribution in [2.45, 2.75) is 19.9 Å². The van der Waals surface area contributed by atoms with Crippen LogP contribution in [0.5, 0.6) is 0 Å². The zero-order valence-electron chi connectivity index (χ0n) is 15.0. The van der Waals surface area contributed by atoms with Crippen LogP contribution in [0, 0.1) is 0 Å². The topological polar surface area (TPSA) is 37.3 Å². The highest BCUT2D eigenvalue weighted by molar-refractivity contribution is 7.07. The minimum absolute atomic E-state index is 0.0100. The van der Waals surface area contributed by atoms with E-state index < -0.39 is 0 Å². The molecule has 0 saturated carbocycles. The molecule has 0 aliphatic carbocycles. The second kappa shape index (κ2) is 7.85. The van der Waals surface area contributed by atoms with Gasteiger partial charge in [-0.3, -0.25) is 9.69 Å². The van der Waals surface area contributed by atoms with Crippen LogP contribution in [0.4, 0.5) is 0 Å². The molecule has 3 rings (SSSR count). The van der Waals surface area contributed by atoms with Crippen molar-refractivity contribution >= 4 is 28.1 Å². The lowest BCUT2D eigenvalue weighted by Gasteiger charge is -2.29. The molecule has 1 aromatic carbocycles. The van der Waals surface area contributed by atoms with Gasteiger partial charge in [-0.05, 0) is 41.5 Å². The fourth-order valence-electron chi connectivity index (χ4n) is 3.39. The van der Waals surface area contributed by atoms with Crippen LogP contribution in [0.3, 0.4) is 0 Å². The first-order chi connectivity index (χ1) is 12.2. The summed E-state index contributed by atoms with van der Waals surface area (Å²) in [6.07, 6.45) is 1.91. The zero-order valence-corrected chi connectivity index (χ0v) is 15.8. The smallest absolute Gasteiger partial charge is 0.253 e. The van der Waals surface area contributed by atoms with E-state index in [0.29, 0.717) is 6.54 Å². The Hall–Kier alpha value is -2.11. The van der Waals surface area contributed by atoms with E-state index in [-0.39, 0.29) is 11.9 Å². The van der Waals surface area contributed by atoms with Crippen LogP contribution in [0.25, 0.3) is 10.9 Å². The van der Waals surface area contributed by atoms with Gasteiger partial charge in [0.05, 0.1) is 11.6 Å². The average Bonchev–Trinajstić information content (AvgIpc) is 3.27. The van der Waals surface area contributed by atoms with Crippen molar-refractivity contribution in [1.82, 2.24) is 14.8 Å². The predicted molar refractivity (Wildman–Crippen MR) is 105 cm³/mol. The van der Waals surface area contributed by atoms with Gasteiger partial charge < -0.3 is 9.88 Å². The summed E-state index contributed by atoms with van der Waals surface area (Å²) in [7, 11) is 1.98. The van der Waals surface area contributed by atoms with Crippen LogP contribution in [0.1, 0.15) is 35.8 Å². The molecule has 1 N–H and O–H groups in total. The van der Waals surface area contributed by atoms with Gasteiger partial charge in [-0.15, -0.1) is 0 Å². The summed E-state index contributed by atoms with van der Waals surface area (Å²) in [6, 6.07) is 10.4. The first kappa shape index (κ1) is 17.7. The van der Waals surface area contributed by atoms with E-state index in [1.54, 1.807) is 11.3 Å². The van der Waals surface area contributed by atoms with Crippen molar-refractivity contribution in [3.63, 3.8) is 0 Å². The number of para-hydroxylation sites is 1. The number of thiophene rings is 1. The summed E-state index contributed by atoms with van der Waals surface area (Å²) >= 11 is 1.70. The predicted octanol–water partition coefficient (Wildman–Crippen LogP) is 4.05. The molecule has 1 atom stereocenters. The first-order valence-corrected chi connectivity index (χ1v) is 9.68. The van der Waals surface area contributed by atoms with Gasteiger partial charge in [-0.2, -0.15) is 11.3 Å². The highest BCUT2D eigenvalue weighted by Crippen LogP contribution is 2.23. The summed E-state index contributed by atoms with van der Waals surface area (Å²) in [5.41, 5.74) is 3.08. The zero-order chi connectivity index (χ0) is 17.8. The second-order valence-corrected chi connectivity index (χ2v) is 6.95. The van der Waals surface area contributed by atoms with Crippen LogP contribution < -0.4 is 5.32 Å². The maximum Gasteiger partial charge on any atom is 0.253 e. The minimum Gasteiger partial charge on any atom is -0.350 e. The summed E-state index contributed by atoms with van der Waals surface area (Å²) in [6.45, 7) is 6.85.